The molecule has 0 bridgehead atoms. The van der Waals surface area contributed by atoms with Crippen molar-refractivity contribution in [1.82, 2.24) is 0 Å². The molecule has 1 unspecified atom stereocenters. The molecular formula is C31H50O2. The van der Waals surface area contributed by atoms with Gasteiger partial charge in [-0.3, -0.25) is 4.79 Å². The molecule has 0 aromatic rings. The maximum atomic E-state index is 12.8. The van der Waals surface area contributed by atoms with Crippen molar-refractivity contribution in [2.45, 2.75) is 113 Å². The number of Topliss-reactive ketones (excluding diaryl/α,β-unsaturated/α-hetero) is 1. The number of ether oxygens (including phenoxy) is 1. The number of carbonyl (C=O) groups is 1. The molecule has 0 radical (unpaired) electrons. The molecule has 186 valence electrons. The van der Waals surface area contributed by atoms with Crippen molar-refractivity contribution < 1.29 is 9.53 Å². The van der Waals surface area contributed by atoms with E-state index in [2.05, 4.69) is 67.5 Å². The summed E-state index contributed by atoms with van der Waals surface area (Å²) < 4.78 is 5.86. The lowest BCUT2D eigenvalue weighted by Crippen LogP contribution is -2.57. The summed E-state index contributed by atoms with van der Waals surface area (Å²) in [5, 5.41) is 0. The van der Waals surface area contributed by atoms with Crippen LogP contribution in [0.2, 0.25) is 0 Å². The summed E-state index contributed by atoms with van der Waals surface area (Å²) in [4.78, 5) is 12.8. The monoisotopic (exact) mass is 454 g/mol. The van der Waals surface area contributed by atoms with Crippen LogP contribution in [0.25, 0.3) is 0 Å². The van der Waals surface area contributed by atoms with Crippen LogP contribution < -0.4 is 0 Å². The van der Waals surface area contributed by atoms with E-state index in [0.29, 0.717) is 34.4 Å². The first-order valence-corrected chi connectivity index (χ1v) is 13.7. The topological polar surface area (TPSA) is 26.3 Å². The molecule has 0 spiro atoms. The van der Waals surface area contributed by atoms with Gasteiger partial charge in [-0.25, -0.2) is 0 Å². The molecular weight excluding hydrogens is 404 g/mol. The Bertz CT molecular complexity index is 845. The average Bonchev–Trinajstić information content (AvgIpc) is 3.02. The molecule has 8 atom stereocenters. The maximum Gasteiger partial charge on any atom is 0.138 e. The first-order valence-electron chi connectivity index (χ1n) is 13.7. The highest BCUT2D eigenvalue weighted by molar-refractivity contribution is 5.85. The van der Waals surface area contributed by atoms with Gasteiger partial charge in [0, 0.05) is 18.9 Å². The molecule has 0 heterocycles. The molecule has 0 aromatic carbocycles. The van der Waals surface area contributed by atoms with Crippen LogP contribution >= 0.6 is 0 Å². The molecule has 0 aliphatic heterocycles. The van der Waals surface area contributed by atoms with Gasteiger partial charge in [0.15, 0.2) is 0 Å². The van der Waals surface area contributed by atoms with Crippen molar-refractivity contribution in [3.05, 3.63) is 23.3 Å². The predicted molar refractivity (Wildman–Crippen MR) is 138 cm³/mol. The van der Waals surface area contributed by atoms with Gasteiger partial charge in [-0.05, 0) is 98.7 Å². The highest BCUT2D eigenvalue weighted by Crippen LogP contribution is 2.73. The van der Waals surface area contributed by atoms with E-state index in [4.69, 9.17) is 4.74 Å². The van der Waals surface area contributed by atoms with Gasteiger partial charge in [0.1, 0.15) is 5.78 Å². The number of fused-ring (bicyclic) bond motifs is 5. The van der Waals surface area contributed by atoms with E-state index in [9.17, 15) is 4.79 Å². The summed E-state index contributed by atoms with van der Waals surface area (Å²) >= 11 is 0. The third-order valence-corrected chi connectivity index (χ3v) is 11.8. The zero-order chi connectivity index (χ0) is 24.4. The molecule has 3 saturated carbocycles. The quantitative estimate of drug-likeness (QED) is 0.392. The summed E-state index contributed by atoms with van der Waals surface area (Å²) in [6.07, 6.45) is 14.6. The second-order valence-corrected chi connectivity index (χ2v) is 13.8. The molecule has 33 heavy (non-hydrogen) atoms. The van der Waals surface area contributed by atoms with Crippen LogP contribution in [0.15, 0.2) is 23.3 Å². The van der Waals surface area contributed by atoms with Gasteiger partial charge in [-0.2, -0.15) is 0 Å². The number of rotatable bonds is 5. The zero-order valence-electron chi connectivity index (χ0n) is 23.0. The van der Waals surface area contributed by atoms with Crippen LogP contribution in [0, 0.1) is 45.3 Å². The molecule has 2 nitrogen and oxygen atoms in total. The first kappa shape index (κ1) is 25.2. The minimum atomic E-state index is -0.177. The lowest BCUT2D eigenvalue weighted by molar-refractivity contribution is -0.146. The SMILES string of the molecule is CO[C@H](C=C(C)C)C[C@H](C)[C@@H]1CC[C@]2(C)C3=CCC4C(C)(C)C(=O)CC[C@]4(C)[C@H]3CC[C@@]12C. The minimum absolute atomic E-state index is 0.177. The van der Waals surface area contributed by atoms with E-state index in [1.165, 1.54) is 31.3 Å². The van der Waals surface area contributed by atoms with Crippen molar-refractivity contribution in [3.8, 4) is 0 Å². The molecule has 0 amide bonds. The third kappa shape index (κ3) is 3.64. The van der Waals surface area contributed by atoms with E-state index in [-0.39, 0.29) is 16.9 Å². The Morgan fingerprint density at radius 3 is 2.45 bits per heavy atom. The molecule has 3 fully saturated rings. The van der Waals surface area contributed by atoms with Crippen LogP contribution in [0.1, 0.15) is 107 Å². The summed E-state index contributed by atoms with van der Waals surface area (Å²) in [6, 6.07) is 0. The van der Waals surface area contributed by atoms with Gasteiger partial charge in [0.2, 0.25) is 0 Å². The van der Waals surface area contributed by atoms with Gasteiger partial charge >= 0.3 is 0 Å². The van der Waals surface area contributed by atoms with Gasteiger partial charge in [0.05, 0.1) is 6.10 Å². The molecule has 0 aromatic heterocycles. The van der Waals surface area contributed by atoms with E-state index in [0.717, 1.165) is 31.6 Å². The number of allylic oxidation sites excluding steroid dienone is 3. The normalized spacial score (nSPS) is 43.6. The van der Waals surface area contributed by atoms with Gasteiger partial charge in [-0.15, -0.1) is 0 Å². The molecule has 4 aliphatic rings. The van der Waals surface area contributed by atoms with E-state index < -0.39 is 0 Å². The average molecular weight is 455 g/mol. The Morgan fingerprint density at radius 2 is 1.82 bits per heavy atom. The first-order chi connectivity index (χ1) is 15.3. The zero-order valence-corrected chi connectivity index (χ0v) is 23.0. The fraction of sp³-hybridized carbons (Fsp3) is 0.839. The molecule has 4 rings (SSSR count). The summed E-state index contributed by atoms with van der Waals surface area (Å²) in [6.45, 7) is 19.1. The Kier molecular flexibility index (Phi) is 6.38. The van der Waals surface area contributed by atoms with Crippen molar-refractivity contribution in [1.29, 1.82) is 0 Å². The standard InChI is InChI=1S/C31H50O2/c1-20(2)18-22(33-9)19-21(3)23-12-16-31(8)25-10-11-26-28(4,5)27(32)14-15-29(26,6)24(25)13-17-30(23,31)7/h10,18,21-24,26H,11-17,19H2,1-9H3/t21-,22+,23-,24-,26?,29+,30-,31+/m0/s1. The van der Waals surface area contributed by atoms with Crippen molar-refractivity contribution in [2.75, 3.05) is 7.11 Å². The summed E-state index contributed by atoms with van der Waals surface area (Å²) in [5.74, 6) is 3.06. The smallest absolute Gasteiger partial charge is 0.138 e. The molecule has 0 N–H and O–H groups in total. The van der Waals surface area contributed by atoms with Crippen LogP contribution in [0.3, 0.4) is 0 Å². The highest BCUT2D eigenvalue weighted by Gasteiger charge is 2.65. The largest absolute Gasteiger partial charge is 0.377 e. The summed E-state index contributed by atoms with van der Waals surface area (Å²) in [7, 11) is 1.86. The number of carbonyl (C=O) groups excluding carboxylic acids is 1. The third-order valence-electron chi connectivity index (χ3n) is 11.8. The van der Waals surface area contributed by atoms with Crippen molar-refractivity contribution >= 4 is 5.78 Å². The lowest BCUT2D eigenvalue weighted by Gasteiger charge is -2.63. The number of ketones is 1. The number of hydrogen-bond acceptors (Lipinski definition) is 2. The van der Waals surface area contributed by atoms with E-state index in [1.54, 1.807) is 5.57 Å². The van der Waals surface area contributed by atoms with Crippen molar-refractivity contribution in [2.24, 2.45) is 45.3 Å². The fourth-order valence-electron chi connectivity index (χ4n) is 9.60. The molecule has 2 heteroatoms. The van der Waals surface area contributed by atoms with Crippen molar-refractivity contribution in [3.63, 3.8) is 0 Å². The van der Waals surface area contributed by atoms with Gasteiger partial charge in [0.25, 0.3) is 0 Å². The molecule has 0 saturated heterocycles. The number of hydrogen-bond donors (Lipinski definition) is 0. The Balaban J connectivity index is 1.63. The van der Waals surface area contributed by atoms with E-state index in [1.807, 2.05) is 7.11 Å². The Labute approximate surface area is 204 Å². The number of methoxy groups -OCH3 is 1. The predicted octanol–water partition coefficient (Wildman–Crippen LogP) is 8.17. The highest BCUT2D eigenvalue weighted by atomic mass is 16.5. The second-order valence-electron chi connectivity index (χ2n) is 13.8. The van der Waals surface area contributed by atoms with Gasteiger partial charge < -0.3 is 4.74 Å². The minimum Gasteiger partial charge on any atom is -0.377 e. The van der Waals surface area contributed by atoms with E-state index >= 15 is 0 Å². The Morgan fingerprint density at radius 1 is 1.12 bits per heavy atom. The van der Waals surface area contributed by atoms with Crippen LogP contribution in [-0.2, 0) is 9.53 Å². The Hall–Kier alpha value is -0.890. The second kappa shape index (κ2) is 8.35. The molecule has 4 aliphatic carbocycles. The maximum absolute atomic E-state index is 12.8. The van der Waals surface area contributed by atoms with Crippen LogP contribution in [0.5, 0.6) is 0 Å². The lowest BCUT2D eigenvalue weighted by atomic mass is 9.41. The van der Waals surface area contributed by atoms with Crippen LogP contribution in [-0.4, -0.2) is 19.0 Å². The summed E-state index contributed by atoms with van der Waals surface area (Å²) in [5.41, 5.74) is 3.89. The fourth-order valence-corrected chi connectivity index (χ4v) is 9.60. The van der Waals surface area contributed by atoms with Gasteiger partial charge in [-0.1, -0.05) is 64.8 Å². The van der Waals surface area contributed by atoms with Crippen LogP contribution in [0.4, 0.5) is 0 Å².